The van der Waals surface area contributed by atoms with Gasteiger partial charge in [-0.15, -0.1) is 11.3 Å². The van der Waals surface area contributed by atoms with Crippen molar-refractivity contribution in [2.24, 2.45) is 5.73 Å². The van der Waals surface area contributed by atoms with Crippen LogP contribution in [0.25, 0.3) is 4.96 Å². The Balaban J connectivity index is 2.02. The van der Waals surface area contributed by atoms with E-state index in [9.17, 15) is 4.39 Å². The number of benzene rings is 1. The zero-order chi connectivity index (χ0) is 13.4. The quantitative estimate of drug-likeness (QED) is 0.792. The fourth-order valence-electron chi connectivity index (χ4n) is 1.74. The van der Waals surface area contributed by atoms with Crippen LogP contribution in [0.2, 0.25) is 0 Å². The molecular formula is C12H9BrFN3OS. The van der Waals surface area contributed by atoms with E-state index in [1.807, 2.05) is 16.0 Å². The Morgan fingerprint density at radius 2 is 2.32 bits per heavy atom. The molecule has 2 heterocycles. The standard InChI is InChI=1S/C12H9BrFN3OS/c13-7-1-2-10(8(14)5-7)18-11-9(6-15)17-3-4-19-12(17)16-11/h1-5H,6,15H2. The van der Waals surface area contributed by atoms with Crippen LogP contribution in [0.4, 0.5) is 4.39 Å². The molecule has 0 fully saturated rings. The molecule has 1 aromatic carbocycles. The van der Waals surface area contributed by atoms with Gasteiger partial charge in [-0.2, -0.15) is 4.98 Å². The molecule has 0 saturated carbocycles. The van der Waals surface area contributed by atoms with E-state index in [2.05, 4.69) is 20.9 Å². The average molecular weight is 342 g/mol. The van der Waals surface area contributed by atoms with Crippen LogP contribution in [0.5, 0.6) is 11.6 Å². The molecule has 0 bridgehead atoms. The number of thiazole rings is 1. The molecule has 0 amide bonds. The second-order valence-electron chi connectivity index (χ2n) is 3.80. The molecule has 19 heavy (non-hydrogen) atoms. The Kier molecular flexibility index (Phi) is 3.26. The van der Waals surface area contributed by atoms with Crippen LogP contribution < -0.4 is 10.5 Å². The van der Waals surface area contributed by atoms with E-state index in [1.54, 1.807) is 12.1 Å². The minimum Gasteiger partial charge on any atom is -0.434 e. The third kappa shape index (κ3) is 2.24. The lowest BCUT2D eigenvalue weighted by Crippen LogP contribution is -2.02. The molecule has 0 spiro atoms. The van der Waals surface area contributed by atoms with Crippen molar-refractivity contribution in [2.45, 2.75) is 6.54 Å². The van der Waals surface area contributed by atoms with E-state index < -0.39 is 5.82 Å². The zero-order valence-electron chi connectivity index (χ0n) is 9.64. The highest BCUT2D eigenvalue weighted by molar-refractivity contribution is 9.10. The Morgan fingerprint density at radius 1 is 1.47 bits per heavy atom. The minimum atomic E-state index is -0.450. The summed E-state index contributed by atoms with van der Waals surface area (Å²) in [5.74, 6) is 0.0212. The van der Waals surface area contributed by atoms with Crippen molar-refractivity contribution in [1.29, 1.82) is 0 Å². The number of halogens is 2. The summed E-state index contributed by atoms with van der Waals surface area (Å²) in [6, 6.07) is 4.60. The van der Waals surface area contributed by atoms with Crippen molar-refractivity contribution in [2.75, 3.05) is 0 Å². The molecule has 7 heteroatoms. The summed E-state index contributed by atoms with van der Waals surface area (Å²) in [7, 11) is 0. The van der Waals surface area contributed by atoms with Gasteiger partial charge in [0.05, 0.1) is 0 Å². The van der Waals surface area contributed by atoms with Gasteiger partial charge >= 0.3 is 0 Å². The molecule has 3 rings (SSSR count). The van der Waals surface area contributed by atoms with Crippen LogP contribution >= 0.6 is 27.3 Å². The van der Waals surface area contributed by atoms with E-state index in [4.69, 9.17) is 10.5 Å². The van der Waals surface area contributed by atoms with E-state index in [0.717, 1.165) is 10.7 Å². The summed E-state index contributed by atoms with van der Waals surface area (Å²) < 4.78 is 21.8. The summed E-state index contributed by atoms with van der Waals surface area (Å²) in [6.07, 6.45) is 1.86. The van der Waals surface area contributed by atoms with Gasteiger partial charge < -0.3 is 10.5 Å². The molecule has 0 aliphatic heterocycles. The Morgan fingerprint density at radius 3 is 3.05 bits per heavy atom. The van der Waals surface area contributed by atoms with Gasteiger partial charge in [-0.1, -0.05) is 15.9 Å². The molecule has 0 unspecified atom stereocenters. The number of ether oxygens (including phenoxy) is 1. The molecule has 0 aliphatic carbocycles. The predicted octanol–water partition coefficient (Wildman–Crippen LogP) is 3.55. The first kappa shape index (κ1) is 12.6. The number of hydrogen-bond acceptors (Lipinski definition) is 4. The molecule has 2 aromatic heterocycles. The Labute approximate surface area is 120 Å². The SMILES string of the molecule is NCc1c(Oc2ccc(Br)cc2F)nc2sccn12. The molecule has 0 saturated heterocycles. The van der Waals surface area contributed by atoms with Crippen LogP contribution in [-0.2, 0) is 6.54 Å². The Bertz CT molecular complexity index is 740. The van der Waals surface area contributed by atoms with Gasteiger partial charge in [0, 0.05) is 22.6 Å². The first-order chi connectivity index (χ1) is 9.19. The van der Waals surface area contributed by atoms with Crippen molar-refractivity contribution in [3.63, 3.8) is 0 Å². The number of imidazole rings is 1. The second-order valence-corrected chi connectivity index (χ2v) is 5.59. The number of nitrogens with two attached hydrogens (primary N) is 1. The highest BCUT2D eigenvalue weighted by Crippen LogP contribution is 2.30. The third-order valence-corrected chi connectivity index (χ3v) is 3.87. The van der Waals surface area contributed by atoms with Gasteiger partial charge in [0.1, 0.15) is 5.69 Å². The monoisotopic (exact) mass is 341 g/mol. The van der Waals surface area contributed by atoms with Crippen molar-refractivity contribution in [1.82, 2.24) is 9.38 Å². The van der Waals surface area contributed by atoms with E-state index in [-0.39, 0.29) is 12.3 Å². The van der Waals surface area contributed by atoms with Gasteiger partial charge in [0.15, 0.2) is 16.5 Å². The van der Waals surface area contributed by atoms with E-state index >= 15 is 0 Å². The maximum Gasteiger partial charge on any atom is 0.243 e. The van der Waals surface area contributed by atoms with Crippen molar-refractivity contribution < 1.29 is 9.13 Å². The van der Waals surface area contributed by atoms with Crippen LogP contribution in [0, 0.1) is 5.82 Å². The molecule has 0 radical (unpaired) electrons. The van der Waals surface area contributed by atoms with E-state index in [1.165, 1.54) is 17.4 Å². The number of nitrogens with zero attached hydrogens (tertiary/aromatic N) is 2. The molecule has 4 nitrogen and oxygen atoms in total. The molecule has 2 N–H and O–H groups in total. The molecular weight excluding hydrogens is 333 g/mol. The normalized spacial score (nSPS) is 11.1. The zero-order valence-corrected chi connectivity index (χ0v) is 12.0. The fraction of sp³-hybridized carbons (Fsp3) is 0.0833. The van der Waals surface area contributed by atoms with Crippen LogP contribution in [-0.4, -0.2) is 9.38 Å². The van der Waals surface area contributed by atoms with Crippen LogP contribution in [0.1, 0.15) is 5.69 Å². The van der Waals surface area contributed by atoms with E-state index in [0.29, 0.717) is 10.4 Å². The summed E-state index contributed by atoms with van der Waals surface area (Å²) in [5.41, 5.74) is 6.42. The topological polar surface area (TPSA) is 52.5 Å². The van der Waals surface area contributed by atoms with Crippen LogP contribution in [0.3, 0.4) is 0 Å². The number of aromatic nitrogens is 2. The predicted molar refractivity (Wildman–Crippen MR) is 75.1 cm³/mol. The molecule has 98 valence electrons. The van der Waals surface area contributed by atoms with Crippen molar-refractivity contribution in [3.8, 4) is 11.6 Å². The lowest BCUT2D eigenvalue weighted by molar-refractivity contribution is 0.424. The first-order valence-corrected chi connectivity index (χ1v) is 7.13. The summed E-state index contributed by atoms with van der Waals surface area (Å²) in [5, 5.41) is 1.91. The van der Waals surface area contributed by atoms with Crippen molar-refractivity contribution >= 4 is 32.2 Å². The highest BCUT2D eigenvalue weighted by Gasteiger charge is 2.15. The van der Waals surface area contributed by atoms with Gasteiger partial charge in [0.25, 0.3) is 0 Å². The fourth-order valence-corrected chi connectivity index (χ4v) is 2.80. The van der Waals surface area contributed by atoms with Crippen LogP contribution in [0.15, 0.2) is 34.2 Å². The molecule has 3 aromatic rings. The minimum absolute atomic E-state index is 0.128. The second kappa shape index (κ2) is 4.92. The summed E-state index contributed by atoms with van der Waals surface area (Å²) >= 11 is 4.67. The largest absolute Gasteiger partial charge is 0.434 e. The first-order valence-electron chi connectivity index (χ1n) is 5.46. The van der Waals surface area contributed by atoms with Gasteiger partial charge in [-0.05, 0) is 18.2 Å². The molecule has 0 atom stereocenters. The van der Waals surface area contributed by atoms with Crippen molar-refractivity contribution in [3.05, 3.63) is 45.8 Å². The highest BCUT2D eigenvalue weighted by atomic mass is 79.9. The summed E-state index contributed by atoms with van der Waals surface area (Å²) in [4.78, 5) is 5.07. The third-order valence-electron chi connectivity index (χ3n) is 2.62. The maximum atomic E-state index is 13.7. The lowest BCUT2D eigenvalue weighted by atomic mass is 10.3. The van der Waals surface area contributed by atoms with Gasteiger partial charge in [-0.3, -0.25) is 4.40 Å². The number of hydrogen-bond donors (Lipinski definition) is 1. The maximum absolute atomic E-state index is 13.7. The van der Waals surface area contributed by atoms with Gasteiger partial charge in [-0.25, -0.2) is 4.39 Å². The van der Waals surface area contributed by atoms with Gasteiger partial charge in [0.2, 0.25) is 5.88 Å². The molecule has 0 aliphatic rings. The number of rotatable bonds is 3. The smallest absolute Gasteiger partial charge is 0.243 e. The lowest BCUT2D eigenvalue weighted by Gasteiger charge is -2.06. The average Bonchev–Trinajstić information content (AvgIpc) is 2.92. The Hall–Kier alpha value is -1.44. The summed E-state index contributed by atoms with van der Waals surface area (Å²) in [6.45, 7) is 0.269. The number of fused-ring (bicyclic) bond motifs is 1.